The second kappa shape index (κ2) is 5.66. The molecule has 0 saturated heterocycles. The molecule has 108 valence electrons. The highest BCUT2D eigenvalue weighted by molar-refractivity contribution is 5.83. The Morgan fingerprint density at radius 3 is 2.62 bits per heavy atom. The van der Waals surface area contributed by atoms with Crippen LogP contribution in [0.4, 0.5) is 0 Å². The van der Waals surface area contributed by atoms with E-state index in [4.69, 9.17) is 10.3 Å². The highest BCUT2D eigenvalue weighted by atomic mass is 16.5. The lowest BCUT2D eigenvalue weighted by molar-refractivity contribution is 0.368. The topological polar surface area (TPSA) is 64.9 Å². The van der Waals surface area contributed by atoms with Gasteiger partial charge in [0.1, 0.15) is 0 Å². The van der Waals surface area contributed by atoms with Gasteiger partial charge in [0.05, 0.1) is 12.5 Å². The van der Waals surface area contributed by atoms with Crippen LogP contribution in [-0.4, -0.2) is 10.1 Å². The summed E-state index contributed by atoms with van der Waals surface area (Å²) in [5.74, 6) is 1.48. The van der Waals surface area contributed by atoms with Gasteiger partial charge in [-0.3, -0.25) is 0 Å². The lowest BCUT2D eigenvalue weighted by Crippen LogP contribution is -2.18. The summed E-state index contributed by atoms with van der Waals surface area (Å²) >= 11 is 0. The number of nitrogens with two attached hydrogens (primary N) is 1. The fourth-order valence-electron chi connectivity index (χ4n) is 2.30. The van der Waals surface area contributed by atoms with Crippen molar-refractivity contribution < 1.29 is 4.52 Å². The van der Waals surface area contributed by atoms with E-state index in [1.54, 1.807) is 0 Å². The summed E-state index contributed by atoms with van der Waals surface area (Å²) in [7, 11) is 0. The van der Waals surface area contributed by atoms with E-state index < -0.39 is 0 Å². The third kappa shape index (κ3) is 2.95. The van der Waals surface area contributed by atoms with Crippen LogP contribution in [0.3, 0.4) is 0 Å². The van der Waals surface area contributed by atoms with Crippen LogP contribution >= 0.6 is 0 Å². The summed E-state index contributed by atoms with van der Waals surface area (Å²) in [6, 6.07) is 14.5. The Labute approximate surface area is 124 Å². The number of hydrogen-bond donors (Lipinski definition) is 1. The molecule has 1 heterocycles. The van der Waals surface area contributed by atoms with Crippen LogP contribution in [0.5, 0.6) is 0 Å². The van der Waals surface area contributed by atoms with Crippen molar-refractivity contribution in [3.05, 3.63) is 59.7 Å². The highest BCUT2D eigenvalue weighted by Crippen LogP contribution is 2.19. The van der Waals surface area contributed by atoms with Crippen molar-refractivity contribution in [2.24, 2.45) is 11.7 Å². The van der Waals surface area contributed by atoms with E-state index in [2.05, 4.69) is 40.5 Å². The molecule has 0 saturated carbocycles. The second-order valence-electron chi connectivity index (χ2n) is 5.67. The molecule has 0 radical (unpaired) electrons. The van der Waals surface area contributed by atoms with Crippen LogP contribution in [0.2, 0.25) is 0 Å². The molecule has 3 aromatic rings. The fourth-order valence-corrected chi connectivity index (χ4v) is 2.30. The van der Waals surface area contributed by atoms with Crippen molar-refractivity contribution in [2.45, 2.75) is 26.3 Å². The van der Waals surface area contributed by atoms with Crippen LogP contribution in [0, 0.1) is 5.92 Å². The molecule has 0 spiro atoms. The van der Waals surface area contributed by atoms with Crippen LogP contribution in [0.15, 0.2) is 47.0 Å². The number of aromatic nitrogens is 2. The minimum Gasteiger partial charge on any atom is -0.339 e. The zero-order valence-electron chi connectivity index (χ0n) is 12.3. The monoisotopic (exact) mass is 281 g/mol. The molecule has 0 fully saturated rings. The smallest absolute Gasteiger partial charge is 0.231 e. The van der Waals surface area contributed by atoms with Gasteiger partial charge in [-0.2, -0.15) is 4.98 Å². The molecule has 4 heteroatoms. The SMILES string of the molecule is CC(C)C(N)c1noc(Cc2ccc3ccccc3c2)n1. The van der Waals surface area contributed by atoms with Gasteiger partial charge in [-0.25, -0.2) is 0 Å². The molecule has 1 atom stereocenters. The van der Waals surface area contributed by atoms with Gasteiger partial charge >= 0.3 is 0 Å². The minimum atomic E-state index is -0.181. The van der Waals surface area contributed by atoms with Crippen LogP contribution < -0.4 is 5.73 Å². The Balaban J connectivity index is 1.82. The van der Waals surface area contributed by atoms with E-state index in [0.29, 0.717) is 18.1 Å². The first-order valence-corrected chi connectivity index (χ1v) is 7.19. The molecule has 21 heavy (non-hydrogen) atoms. The summed E-state index contributed by atoms with van der Waals surface area (Å²) in [6.45, 7) is 4.09. The second-order valence-corrected chi connectivity index (χ2v) is 5.67. The number of fused-ring (bicyclic) bond motifs is 1. The third-order valence-electron chi connectivity index (χ3n) is 3.67. The van der Waals surface area contributed by atoms with E-state index in [9.17, 15) is 0 Å². The average molecular weight is 281 g/mol. The number of benzene rings is 2. The van der Waals surface area contributed by atoms with E-state index in [1.807, 2.05) is 26.0 Å². The molecule has 2 aromatic carbocycles. The molecule has 1 aromatic heterocycles. The summed E-state index contributed by atoms with van der Waals surface area (Å²) in [5, 5.41) is 6.43. The van der Waals surface area contributed by atoms with Crippen LogP contribution in [0.25, 0.3) is 10.8 Å². The standard InChI is InChI=1S/C17H19N3O/c1-11(2)16(18)17-19-15(21-20-17)10-12-7-8-13-5-3-4-6-14(13)9-12/h3-9,11,16H,10,18H2,1-2H3. The quantitative estimate of drug-likeness (QED) is 0.795. The normalized spacial score (nSPS) is 13.0. The van der Waals surface area contributed by atoms with Crippen molar-refractivity contribution in [3.8, 4) is 0 Å². The van der Waals surface area contributed by atoms with E-state index in [-0.39, 0.29) is 12.0 Å². The largest absolute Gasteiger partial charge is 0.339 e. The maximum Gasteiger partial charge on any atom is 0.231 e. The Hall–Kier alpha value is -2.20. The van der Waals surface area contributed by atoms with Gasteiger partial charge in [-0.05, 0) is 22.3 Å². The highest BCUT2D eigenvalue weighted by Gasteiger charge is 2.17. The molecular formula is C17H19N3O. The van der Waals surface area contributed by atoms with Gasteiger partial charge < -0.3 is 10.3 Å². The number of rotatable bonds is 4. The van der Waals surface area contributed by atoms with Crippen molar-refractivity contribution in [1.29, 1.82) is 0 Å². The van der Waals surface area contributed by atoms with Crippen LogP contribution in [-0.2, 0) is 6.42 Å². The van der Waals surface area contributed by atoms with Crippen molar-refractivity contribution in [2.75, 3.05) is 0 Å². The van der Waals surface area contributed by atoms with Crippen molar-refractivity contribution in [3.63, 3.8) is 0 Å². The average Bonchev–Trinajstić information content (AvgIpc) is 2.94. The predicted octanol–water partition coefficient (Wildman–Crippen LogP) is 3.47. The zero-order chi connectivity index (χ0) is 14.8. The first-order valence-electron chi connectivity index (χ1n) is 7.19. The summed E-state index contributed by atoms with van der Waals surface area (Å²) in [4.78, 5) is 4.40. The first-order chi connectivity index (χ1) is 10.1. The molecule has 0 amide bonds. The molecule has 0 aliphatic carbocycles. The minimum absolute atomic E-state index is 0.181. The van der Waals surface area contributed by atoms with Crippen molar-refractivity contribution >= 4 is 10.8 Å². The molecule has 4 nitrogen and oxygen atoms in total. The summed E-state index contributed by atoms with van der Waals surface area (Å²) < 4.78 is 5.31. The Kier molecular flexibility index (Phi) is 3.71. The maximum atomic E-state index is 6.03. The molecule has 2 N–H and O–H groups in total. The molecule has 0 aliphatic rings. The van der Waals surface area contributed by atoms with Crippen LogP contribution in [0.1, 0.15) is 37.2 Å². The Morgan fingerprint density at radius 2 is 1.86 bits per heavy atom. The van der Waals surface area contributed by atoms with Gasteiger partial charge in [-0.15, -0.1) is 0 Å². The molecule has 3 rings (SSSR count). The molecule has 0 aliphatic heterocycles. The Morgan fingerprint density at radius 1 is 1.10 bits per heavy atom. The lowest BCUT2D eigenvalue weighted by Gasteiger charge is -2.09. The van der Waals surface area contributed by atoms with E-state index in [1.165, 1.54) is 10.8 Å². The third-order valence-corrected chi connectivity index (χ3v) is 3.67. The van der Waals surface area contributed by atoms with E-state index in [0.717, 1.165) is 5.56 Å². The molecule has 1 unspecified atom stereocenters. The van der Waals surface area contributed by atoms with E-state index >= 15 is 0 Å². The first kappa shape index (κ1) is 13.8. The van der Waals surface area contributed by atoms with Gasteiger partial charge in [0, 0.05) is 0 Å². The zero-order valence-corrected chi connectivity index (χ0v) is 12.3. The summed E-state index contributed by atoms with van der Waals surface area (Å²) in [5.41, 5.74) is 7.19. The fraction of sp³-hybridized carbons (Fsp3) is 0.294. The molecule has 0 bridgehead atoms. The van der Waals surface area contributed by atoms with Gasteiger partial charge in [0.15, 0.2) is 5.82 Å². The Bertz CT molecular complexity index is 748. The predicted molar refractivity (Wildman–Crippen MR) is 82.8 cm³/mol. The summed E-state index contributed by atoms with van der Waals surface area (Å²) in [6.07, 6.45) is 0.628. The van der Waals surface area contributed by atoms with Gasteiger partial charge in [-0.1, -0.05) is 61.5 Å². The lowest BCUT2D eigenvalue weighted by atomic mass is 10.0. The number of hydrogen-bond acceptors (Lipinski definition) is 4. The van der Waals surface area contributed by atoms with Crippen molar-refractivity contribution in [1.82, 2.24) is 10.1 Å². The molecular weight excluding hydrogens is 262 g/mol. The number of nitrogens with zero attached hydrogens (tertiary/aromatic N) is 2. The van der Waals surface area contributed by atoms with Gasteiger partial charge in [0.25, 0.3) is 0 Å². The maximum absolute atomic E-state index is 6.03. The van der Waals surface area contributed by atoms with Gasteiger partial charge in [0.2, 0.25) is 5.89 Å².